The molecule has 0 spiro atoms. The number of hydrogen-bond donors (Lipinski definition) is 2. The second-order valence-electron chi connectivity index (χ2n) is 5.86. The molecule has 0 atom stereocenters. The number of nitrogens with zero attached hydrogens (tertiary/aromatic N) is 1. The number of hydrogen-bond acceptors (Lipinski definition) is 3. The Morgan fingerprint density at radius 3 is 2.81 bits per heavy atom. The molecule has 4 nitrogen and oxygen atoms in total. The molecule has 0 unspecified atom stereocenters. The molecule has 1 heterocycles. The van der Waals surface area contributed by atoms with Crippen molar-refractivity contribution in [2.75, 3.05) is 0 Å². The van der Waals surface area contributed by atoms with Crippen molar-refractivity contribution in [3.8, 4) is 0 Å². The monoisotopic (exact) mass is 303 g/mol. The van der Waals surface area contributed by atoms with Crippen LogP contribution in [0.2, 0.25) is 0 Å². The molecular formula is C16H21N3OS. The van der Waals surface area contributed by atoms with Gasteiger partial charge in [-0.1, -0.05) is 19.1 Å². The van der Waals surface area contributed by atoms with E-state index >= 15 is 0 Å². The van der Waals surface area contributed by atoms with Crippen LogP contribution in [0.4, 0.5) is 4.79 Å². The normalized spacial score (nSPS) is 22.1. The van der Waals surface area contributed by atoms with Crippen LogP contribution in [0.1, 0.15) is 37.6 Å². The molecule has 21 heavy (non-hydrogen) atoms. The van der Waals surface area contributed by atoms with Gasteiger partial charge in [0.05, 0.1) is 16.8 Å². The first kappa shape index (κ1) is 14.3. The molecule has 2 N–H and O–H groups in total. The number of carbonyl (C=O) groups excluding carboxylic acids is 1. The lowest BCUT2D eigenvalue weighted by atomic mass is 9.87. The maximum atomic E-state index is 11.9. The molecule has 0 radical (unpaired) electrons. The van der Waals surface area contributed by atoms with Crippen molar-refractivity contribution in [1.29, 1.82) is 0 Å². The highest BCUT2D eigenvalue weighted by Gasteiger charge is 2.19. The Hall–Kier alpha value is -1.62. The molecule has 0 bridgehead atoms. The quantitative estimate of drug-likeness (QED) is 0.909. The summed E-state index contributed by atoms with van der Waals surface area (Å²) in [6.45, 7) is 2.78. The van der Waals surface area contributed by atoms with Crippen LogP contribution < -0.4 is 10.6 Å². The fraction of sp³-hybridized carbons (Fsp3) is 0.500. The number of benzene rings is 1. The summed E-state index contributed by atoms with van der Waals surface area (Å²) in [5.41, 5.74) is 1.00. The van der Waals surface area contributed by atoms with Crippen molar-refractivity contribution in [3.63, 3.8) is 0 Å². The van der Waals surface area contributed by atoms with Crippen LogP contribution in [-0.2, 0) is 6.54 Å². The van der Waals surface area contributed by atoms with Gasteiger partial charge >= 0.3 is 6.03 Å². The maximum Gasteiger partial charge on any atom is 0.315 e. The summed E-state index contributed by atoms with van der Waals surface area (Å²) in [5, 5.41) is 6.93. The number of aromatic nitrogens is 1. The molecular weight excluding hydrogens is 282 g/mol. The minimum atomic E-state index is -0.0752. The van der Waals surface area contributed by atoms with Crippen LogP contribution in [0.3, 0.4) is 0 Å². The zero-order chi connectivity index (χ0) is 14.7. The highest BCUT2D eigenvalue weighted by Crippen LogP contribution is 2.23. The SMILES string of the molecule is CC1CCC(NC(=O)NCc2nc3ccccc3s2)CC1. The fourth-order valence-electron chi connectivity index (χ4n) is 2.79. The van der Waals surface area contributed by atoms with E-state index in [1.807, 2.05) is 18.2 Å². The summed E-state index contributed by atoms with van der Waals surface area (Å²) < 4.78 is 1.16. The third-order valence-corrected chi connectivity index (χ3v) is 5.13. The predicted molar refractivity (Wildman–Crippen MR) is 86.4 cm³/mol. The van der Waals surface area contributed by atoms with Crippen LogP contribution in [0.15, 0.2) is 24.3 Å². The highest BCUT2D eigenvalue weighted by molar-refractivity contribution is 7.18. The number of carbonyl (C=O) groups is 1. The molecule has 112 valence electrons. The van der Waals surface area contributed by atoms with Gasteiger partial charge in [-0.2, -0.15) is 0 Å². The van der Waals surface area contributed by atoms with Gasteiger partial charge < -0.3 is 10.6 Å². The zero-order valence-electron chi connectivity index (χ0n) is 12.3. The smallest absolute Gasteiger partial charge is 0.315 e. The lowest BCUT2D eigenvalue weighted by Gasteiger charge is -2.26. The number of rotatable bonds is 3. The van der Waals surface area contributed by atoms with E-state index in [0.29, 0.717) is 12.6 Å². The second-order valence-corrected chi connectivity index (χ2v) is 6.97. The first-order valence-electron chi connectivity index (χ1n) is 7.59. The number of thiazole rings is 1. The van der Waals surface area contributed by atoms with E-state index in [-0.39, 0.29) is 6.03 Å². The van der Waals surface area contributed by atoms with Gasteiger partial charge in [-0.15, -0.1) is 11.3 Å². The van der Waals surface area contributed by atoms with Crippen molar-refractivity contribution < 1.29 is 4.79 Å². The summed E-state index contributed by atoms with van der Waals surface area (Å²) in [4.78, 5) is 16.5. The minimum absolute atomic E-state index is 0.0752. The summed E-state index contributed by atoms with van der Waals surface area (Å²) >= 11 is 1.63. The van der Waals surface area contributed by atoms with Crippen LogP contribution in [0, 0.1) is 5.92 Å². The molecule has 1 saturated carbocycles. The second kappa shape index (κ2) is 6.43. The van der Waals surface area contributed by atoms with Gasteiger partial charge in [0, 0.05) is 6.04 Å². The summed E-state index contributed by atoms with van der Waals surface area (Å²) in [5.74, 6) is 0.800. The standard InChI is InChI=1S/C16H21N3OS/c1-11-6-8-12(9-7-11)18-16(20)17-10-15-19-13-4-2-3-5-14(13)21-15/h2-5,11-12H,6-10H2,1H3,(H2,17,18,20). The zero-order valence-corrected chi connectivity index (χ0v) is 13.1. The Morgan fingerprint density at radius 2 is 2.05 bits per heavy atom. The van der Waals surface area contributed by atoms with Gasteiger partial charge in [-0.25, -0.2) is 9.78 Å². The maximum absolute atomic E-state index is 11.9. The third-order valence-electron chi connectivity index (χ3n) is 4.09. The van der Waals surface area contributed by atoms with E-state index in [1.54, 1.807) is 11.3 Å². The van der Waals surface area contributed by atoms with Crippen molar-refractivity contribution in [2.24, 2.45) is 5.92 Å². The Labute approximate surface area is 129 Å². The van der Waals surface area contributed by atoms with Crippen molar-refractivity contribution >= 4 is 27.6 Å². The lowest BCUT2D eigenvalue weighted by Crippen LogP contribution is -2.43. The lowest BCUT2D eigenvalue weighted by molar-refractivity contribution is 0.228. The summed E-state index contributed by atoms with van der Waals surface area (Å²) in [6.07, 6.45) is 4.61. The Morgan fingerprint density at radius 1 is 1.29 bits per heavy atom. The minimum Gasteiger partial charge on any atom is -0.335 e. The van der Waals surface area contributed by atoms with Gasteiger partial charge in [-0.3, -0.25) is 0 Å². The molecule has 2 amide bonds. The van der Waals surface area contributed by atoms with E-state index in [9.17, 15) is 4.79 Å². The highest BCUT2D eigenvalue weighted by atomic mass is 32.1. The Bertz CT molecular complexity index is 584. The van der Waals surface area contributed by atoms with Crippen LogP contribution in [-0.4, -0.2) is 17.1 Å². The number of fused-ring (bicyclic) bond motifs is 1. The number of urea groups is 1. The van der Waals surface area contributed by atoms with Gasteiger partial charge in [-0.05, 0) is 43.7 Å². The molecule has 5 heteroatoms. The largest absolute Gasteiger partial charge is 0.335 e. The average molecular weight is 303 g/mol. The number of amides is 2. The van der Waals surface area contributed by atoms with Crippen molar-refractivity contribution in [2.45, 2.75) is 45.2 Å². The van der Waals surface area contributed by atoms with Crippen LogP contribution >= 0.6 is 11.3 Å². The van der Waals surface area contributed by atoms with E-state index in [1.165, 1.54) is 12.8 Å². The Kier molecular flexibility index (Phi) is 4.39. The van der Waals surface area contributed by atoms with Gasteiger partial charge in [0.2, 0.25) is 0 Å². The van der Waals surface area contributed by atoms with Gasteiger partial charge in [0.1, 0.15) is 5.01 Å². The fourth-order valence-corrected chi connectivity index (χ4v) is 3.70. The molecule has 1 aromatic carbocycles. The summed E-state index contributed by atoms with van der Waals surface area (Å²) in [7, 11) is 0. The van der Waals surface area contributed by atoms with E-state index in [2.05, 4.69) is 28.6 Å². The van der Waals surface area contributed by atoms with Crippen LogP contribution in [0.5, 0.6) is 0 Å². The summed E-state index contributed by atoms with van der Waals surface area (Å²) in [6, 6.07) is 8.30. The van der Waals surface area contributed by atoms with Gasteiger partial charge in [0.25, 0.3) is 0 Å². The van der Waals surface area contributed by atoms with Crippen molar-refractivity contribution in [3.05, 3.63) is 29.3 Å². The Balaban J connectivity index is 1.49. The van der Waals surface area contributed by atoms with Crippen LogP contribution in [0.25, 0.3) is 10.2 Å². The molecule has 1 aliphatic rings. The molecule has 0 aliphatic heterocycles. The van der Waals surface area contributed by atoms with E-state index < -0.39 is 0 Å². The molecule has 3 rings (SSSR count). The first-order chi connectivity index (χ1) is 10.2. The molecule has 1 fully saturated rings. The number of para-hydroxylation sites is 1. The number of nitrogens with one attached hydrogen (secondary N) is 2. The van der Waals surface area contributed by atoms with Crippen molar-refractivity contribution in [1.82, 2.24) is 15.6 Å². The molecule has 0 saturated heterocycles. The molecule has 2 aromatic rings. The van der Waals surface area contributed by atoms with E-state index in [0.717, 1.165) is 34.0 Å². The third kappa shape index (κ3) is 3.73. The van der Waals surface area contributed by atoms with E-state index in [4.69, 9.17) is 0 Å². The van der Waals surface area contributed by atoms with Gasteiger partial charge in [0.15, 0.2) is 0 Å². The topological polar surface area (TPSA) is 54.0 Å². The molecule has 1 aromatic heterocycles. The molecule has 1 aliphatic carbocycles. The average Bonchev–Trinajstić information content (AvgIpc) is 2.90. The first-order valence-corrected chi connectivity index (χ1v) is 8.41. The predicted octanol–water partition coefficient (Wildman–Crippen LogP) is 3.67.